The van der Waals surface area contributed by atoms with E-state index in [0.29, 0.717) is 5.56 Å². The SMILES string of the molecule is CC(C(N)=O)N(C)Cc1ccccc1OC(F)(F)F. The molecule has 0 aliphatic heterocycles. The summed E-state index contributed by atoms with van der Waals surface area (Å²) in [6.45, 7) is 1.70. The summed E-state index contributed by atoms with van der Waals surface area (Å²) in [5, 5.41) is 0. The van der Waals surface area contributed by atoms with E-state index in [2.05, 4.69) is 4.74 Å². The van der Waals surface area contributed by atoms with Crippen molar-refractivity contribution in [2.24, 2.45) is 5.73 Å². The fourth-order valence-corrected chi connectivity index (χ4v) is 1.48. The smallest absolute Gasteiger partial charge is 0.405 e. The average Bonchev–Trinajstić information content (AvgIpc) is 2.28. The predicted molar refractivity (Wildman–Crippen MR) is 63.2 cm³/mol. The molecule has 0 aliphatic rings. The van der Waals surface area contributed by atoms with Gasteiger partial charge in [0, 0.05) is 12.1 Å². The van der Waals surface area contributed by atoms with Crippen LogP contribution in [0.25, 0.3) is 0 Å². The number of carbonyl (C=O) groups excluding carboxylic acids is 1. The highest BCUT2D eigenvalue weighted by Gasteiger charge is 2.32. The van der Waals surface area contributed by atoms with Gasteiger partial charge in [-0.1, -0.05) is 18.2 Å². The average molecular weight is 276 g/mol. The fourth-order valence-electron chi connectivity index (χ4n) is 1.48. The van der Waals surface area contributed by atoms with E-state index in [1.807, 2.05) is 0 Å². The number of nitrogens with two attached hydrogens (primary N) is 1. The molecule has 4 nitrogen and oxygen atoms in total. The molecule has 0 saturated carbocycles. The minimum absolute atomic E-state index is 0.121. The topological polar surface area (TPSA) is 55.6 Å². The van der Waals surface area contributed by atoms with Gasteiger partial charge in [-0.2, -0.15) is 0 Å². The lowest BCUT2D eigenvalue weighted by Gasteiger charge is -2.23. The Morgan fingerprint density at radius 1 is 1.42 bits per heavy atom. The standard InChI is InChI=1S/C12H15F3N2O2/c1-8(11(16)18)17(2)7-9-5-3-4-6-10(9)19-12(13,14)15/h3-6,8H,7H2,1-2H3,(H2,16,18). The number of ether oxygens (including phenoxy) is 1. The summed E-state index contributed by atoms with van der Waals surface area (Å²) in [7, 11) is 1.60. The number of nitrogens with zero attached hydrogens (tertiary/aromatic N) is 1. The molecule has 106 valence electrons. The molecule has 1 atom stereocenters. The molecule has 1 aromatic rings. The second-order valence-electron chi connectivity index (χ2n) is 4.15. The maximum absolute atomic E-state index is 12.2. The first kappa shape index (κ1) is 15.3. The van der Waals surface area contributed by atoms with Crippen LogP contribution in [0.15, 0.2) is 24.3 Å². The van der Waals surface area contributed by atoms with E-state index < -0.39 is 18.3 Å². The third kappa shape index (κ3) is 4.78. The van der Waals surface area contributed by atoms with E-state index >= 15 is 0 Å². The molecule has 0 bridgehead atoms. The molecular weight excluding hydrogens is 261 g/mol. The van der Waals surface area contributed by atoms with Gasteiger partial charge in [0.1, 0.15) is 5.75 Å². The highest BCUT2D eigenvalue weighted by atomic mass is 19.4. The van der Waals surface area contributed by atoms with Crippen LogP contribution in [0.5, 0.6) is 5.75 Å². The molecule has 0 radical (unpaired) electrons. The molecule has 1 aromatic carbocycles. The maximum atomic E-state index is 12.2. The summed E-state index contributed by atoms with van der Waals surface area (Å²) >= 11 is 0. The summed E-state index contributed by atoms with van der Waals surface area (Å²) < 4.78 is 40.6. The zero-order valence-corrected chi connectivity index (χ0v) is 10.6. The normalized spacial score (nSPS) is 13.4. The Balaban J connectivity index is 2.86. The lowest BCUT2D eigenvalue weighted by Crippen LogP contribution is -2.39. The van der Waals surface area contributed by atoms with Crippen LogP contribution in [0.1, 0.15) is 12.5 Å². The van der Waals surface area contributed by atoms with E-state index in [4.69, 9.17) is 5.73 Å². The molecule has 0 aliphatic carbocycles. The molecule has 19 heavy (non-hydrogen) atoms. The zero-order valence-electron chi connectivity index (χ0n) is 10.6. The van der Waals surface area contributed by atoms with Crippen LogP contribution in [0.4, 0.5) is 13.2 Å². The Labute approximate surface area is 108 Å². The summed E-state index contributed by atoms with van der Waals surface area (Å²) in [6.07, 6.45) is -4.75. The van der Waals surface area contributed by atoms with Gasteiger partial charge in [-0.15, -0.1) is 13.2 Å². The number of primary amides is 1. The number of likely N-dealkylation sites (N-methyl/N-ethyl adjacent to an activating group) is 1. The van der Waals surface area contributed by atoms with Crippen LogP contribution in [0, 0.1) is 0 Å². The molecule has 0 heterocycles. The van der Waals surface area contributed by atoms with Crippen LogP contribution >= 0.6 is 0 Å². The van der Waals surface area contributed by atoms with Gasteiger partial charge >= 0.3 is 6.36 Å². The summed E-state index contributed by atoms with van der Waals surface area (Å²) in [5.41, 5.74) is 5.47. The van der Waals surface area contributed by atoms with E-state index in [-0.39, 0.29) is 12.3 Å². The highest BCUT2D eigenvalue weighted by molar-refractivity contribution is 5.79. The van der Waals surface area contributed by atoms with Crippen molar-refractivity contribution in [3.63, 3.8) is 0 Å². The largest absolute Gasteiger partial charge is 0.573 e. The van der Waals surface area contributed by atoms with Crippen molar-refractivity contribution in [1.82, 2.24) is 4.90 Å². The Bertz CT molecular complexity index is 449. The Kier molecular flexibility index (Phi) is 4.77. The number of amides is 1. The molecule has 7 heteroatoms. The lowest BCUT2D eigenvalue weighted by atomic mass is 10.1. The van der Waals surface area contributed by atoms with Gasteiger partial charge in [-0.3, -0.25) is 9.69 Å². The van der Waals surface area contributed by atoms with Crippen molar-refractivity contribution in [2.45, 2.75) is 25.9 Å². The number of para-hydroxylation sites is 1. The van der Waals surface area contributed by atoms with Gasteiger partial charge < -0.3 is 10.5 Å². The van der Waals surface area contributed by atoms with Crippen molar-refractivity contribution in [2.75, 3.05) is 7.05 Å². The number of hydrogen-bond donors (Lipinski definition) is 1. The molecule has 0 aromatic heterocycles. The Hall–Kier alpha value is -1.76. The number of hydrogen-bond acceptors (Lipinski definition) is 3. The van der Waals surface area contributed by atoms with Gasteiger partial charge in [0.05, 0.1) is 6.04 Å². The highest BCUT2D eigenvalue weighted by Crippen LogP contribution is 2.27. The van der Waals surface area contributed by atoms with Crippen molar-refractivity contribution < 1.29 is 22.7 Å². The fraction of sp³-hybridized carbons (Fsp3) is 0.417. The number of carbonyl (C=O) groups is 1. The van der Waals surface area contributed by atoms with E-state index in [0.717, 1.165) is 0 Å². The van der Waals surface area contributed by atoms with Crippen molar-refractivity contribution in [1.29, 1.82) is 0 Å². The summed E-state index contributed by atoms with van der Waals surface area (Å²) in [5.74, 6) is -0.824. The van der Waals surface area contributed by atoms with Crippen LogP contribution in [0.2, 0.25) is 0 Å². The van der Waals surface area contributed by atoms with Crippen molar-refractivity contribution in [3.8, 4) is 5.75 Å². The quantitative estimate of drug-likeness (QED) is 0.893. The first-order valence-electron chi connectivity index (χ1n) is 5.54. The number of benzene rings is 1. The zero-order chi connectivity index (χ0) is 14.6. The third-order valence-electron chi connectivity index (χ3n) is 2.69. The van der Waals surface area contributed by atoms with E-state index in [1.165, 1.54) is 18.2 Å². The predicted octanol–water partition coefficient (Wildman–Crippen LogP) is 1.89. The molecule has 1 unspecified atom stereocenters. The summed E-state index contributed by atoms with van der Waals surface area (Å²) in [6, 6.07) is 5.19. The number of alkyl halides is 3. The van der Waals surface area contributed by atoms with Crippen LogP contribution in [-0.4, -0.2) is 30.3 Å². The van der Waals surface area contributed by atoms with E-state index in [1.54, 1.807) is 24.9 Å². The molecular formula is C12H15F3N2O2. The maximum Gasteiger partial charge on any atom is 0.573 e. The first-order valence-corrected chi connectivity index (χ1v) is 5.54. The molecule has 0 fully saturated rings. The van der Waals surface area contributed by atoms with Gasteiger partial charge in [0.15, 0.2) is 0 Å². The number of halogens is 3. The van der Waals surface area contributed by atoms with Gasteiger partial charge in [0.2, 0.25) is 5.91 Å². The molecule has 0 saturated heterocycles. The van der Waals surface area contributed by atoms with Gasteiger partial charge in [-0.25, -0.2) is 0 Å². The van der Waals surface area contributed by atoms with Crippen molar-refractivity contribution >= 4 is 5.91 Å². The van der Waals surface area contributed by atoms with Gasteiger partial charge in [-0.05, 0) is 20.0 Å². The summed E-state index contributed by atoms with van der Waals surface area (Å²) in [4.78, 5) is 12.6. The van der Waals surface area contributed by atoms with Crippen molar-refractivity contribution in [3.05, 3.63) is 29.8 Å². The third-order valence-corrected chi connectivity index (χ3v) is 2.69. The van der Waals surface area contributed by atoms with E-state index in [9.17, 15) is 18.0 Å². The van der Waals surface area contributed by atoms with Crippen LogP contribution < -0.4 is 10.5 Å². The second-order valence-corrected chi connectivity index (χ2v) is 4.15. The van der Waals surface area contributed by atoms with Crippen LogP contribution in [0.3, 0.4) is 0 Å². The minimum Gasteiger partial charge on any atom is -0.405 e. The molecule has 1 rings (SSSR count). The minimum atomic E-state index is -4.75. The molecule has 1 amide bonds. The second kappa shape index (κ2) is 5.92. The Morgan fingerprint density at radius 2 is 2.00 bits per heavy atom. The lowest BCUT2D eigenvalue weighted by molar-refractivity contribution is -0.275. The van der Waals surface area contributed by atoms with Crippen LogP contribution in [-0.2, 0) is 11.3 Å². The first-order chi connectivity index (χ1) is 8.70. The molecule has 0 spiro atoms. The monoisotopic (exact) mass is 276 g/mol. The van der Waals surface area contributed by atoms with Gasteiger partial charge in [0.25, 0.3) is 0 Å². The Morgan fingerprint density at radius 3 is 2.53 bits per heavy atom. The number of rotatable bonds is 5. The molecule has 2 N–H and O–H groups in total.